The number of nitrogens with zero attached hydrogens (tertiary/aromatic N) is 1. The van der Waals surface area contributed by atoms with Gasteiger partial charge in [0.15, 0.2) is 0 Å². The van der Waals surface area contributed by atoms with Gasteiger partial charge in [-0.3, -0.25) is 9.59 Å². The number of carboxylic acids is 1. The number of nitrogens with one attached hydrogen (secondary N) is 1. The minimum atomic E-state index is -0.927. The molecule has 1 aromatic heterocycles. The quantitative estimate of drug-likeness (QED) is 0.769. The highest BCUT2D eigenvalue weighted by Crippen LogP contribution is 2.00. The van der Waals surface area contributed by atoms with Gasteiger partial charge in [-0.25, -0.2) is 4.98 Å². The molecule has 0 bridgehead atoms. The fourth-order valence-electron chi connectivity index (χ4n) is 0.748. The van der Waals surface area contributed by atoms with E-state index >= 15 is 0 Å². The summed E-state index contributed by atoms with van der Waals surface area (Å²) in [5.41, 5.74) is 1.88. The third-order valence-electron chi connectivity index (χ3n) is 1.66. The van der Waals surface area contributed by atoms with E-state index in [4.69, 9.17) is 5.11 Å². The number of hydrogen-bond donors (Lipinski definition) is 2. The Morgan fingerprint density at radius 3 is 2.93 bits per heavy atom. The van der Waals surface area contributed by atoms with Crippen molar-refractivity contribution in [2.45, 2.75) is 6.92 Å². The second kappa shape index (κ2) is 4.71. The van der Waals surface area contributed by atoms with Gasteiger partial charge in [0.25, 0.3) is 5.91 Å². The van der Waals surface area contributed by atoms with Crippen LogP contribution in [0.1, 0.15) is 17.4 Å². The van der Waals surface area contributed by atoms with E-state index in [0.29, 0.717) is 5.69 Å². The molecular formula is C8H10N2O3S. The molecule has 1 heterocycles. The average molecular weight is 214 g/mol. The molecule has 5 nitrogen and oxygen atoms in total. The van der Waals surface area contributed by atoms with Gasteiger partial charge >= 0.3 is 5.97 Å². The third kappa shape index (κ3) is 2.81. The molecule has 0 aliphatic carbocycles. The van der Waals surface area contributed by atoms with Crippen LogP contribution >= 0.6 is 11.3 Å². The summed E-state index contributed by atoms with van der Waals surface area (Å²) in [6.45, 7) is 1.65. The number of thiazole rings is 1. The molecule has 0 aromatic carbocycles. The summed E-state index contributed by atoms with van der Waals surface area (Å²) in [5, 5.41) is 12.7. The van der Waals surface area contributed by atoms with Crippen molar-refractivity contribution in [2.75, 3.05) is 6.54 Å². The second-order valence-corrected chi connectivity index (χ2v) is 3.54. The zero-order valence-corrected chi connectivity index (χ0v) is 8.37. The maximum absolute atomic E-state index is 11.3. The molecule has 0 saturated carbocycles. The highest BCUT2D eigenvalue weighted by molar-refractivity contribution is 7.07. The highest BCUT2D eigenvalue weighted by Gasteiger charge is 2.13. The number of rotatable bonds is 4. The molecule has 1 aromatic rings. The highest BCUT2D eigenvalue weighted by atomic mass is 32.1. The van der Waals surface area contributed by atoms with Gasteiger partial charge < -0.3 is 10.4 Å². The summed E-state index contributed by atoms with van der Waals surface area (Å²) < 4.78 is 0. The van der Waals surface area contributed by atoms with Gasteiger partial charge in [-0.15, -0.1) is 11.3 Å². The summed E-state index contributed by atoms with van der Waals surface area (Å²) in [5.74, 6) is -1.85. The summed E-state index contributed by atoms with van der Waals surface area (Å²) in [6.07, 6.45) is 0. The molecule has 0 radical (unpaired) electrons. The number of carbonyl (C=O) groups is 2. The molecule has 1 rings (SSSR count). The molecule has 0 unspecified atom stereocenters. The molecule has 0 saturated heterocycles. The van der Waals surface area contributed by atoms with Crippen LogP contribution in [0.15, 0.2) is 10.9 Å². The first-order valence-electron chi connectivity index (χ1n) is 4.00. The molecule has 0 aliphatic rings. The van der Waals surface area contributed by atoms with Gasteiger partial charge in [-0.1, -0.05) is 6.92 Å². The Labute approximate surface area is 84.8 Å². The van der Waals surface area contributed by atoms with Crippen molar-refractivity contribution in [2.24, 2.45) is 5.92 Å². The van der Waals surface area contributed by atoms with Crippen molar-refractivity contribution >= 4 is 23.2 Å². The average Bonchev–Trinajstić information content (AvgIpc) is 2.66. The van der Waals surface area contributed by atoms with Crippen molar-refractivity contribution in [3.05, 3.63) is 16.6 Å². The lowest BCUT2D eigenvalue weighted by Gasteiger charge is -2.06. The zero-order chi connectivity index (χ0) is 10.6. The fourth-order valence-corrected chi connectivity index (χ4v) is 1.28. The molecule has 0 fully saturated rings. The van der Waals surface area contributed by atoms with Gasteiger partial charge in [0.1, 0.15) is 5.69 Å². The van der Waals surface area contributed by atoms with E-state index in [0.717, 1.165) is 0 Å². The van der Waals surface area contributed by atoms with Gasteiger partial charge in [-0.05, 0) is 0 Å². The fraction of sp³-hybridized carbons (Fsp3) is 0.375. The lowest BCUT2D eigenvalue weighted by Crippen LogP contribution is -2.31. The third-order valence-corrected chi connectivity index (χ3v) is 2.24. The lowest BCUT2D eigenvalue weighted by molar-refractivity contribution is -0.140. The van der Waals surface area contributed by atoms with E-state index in [1.807, 2.05) is 0 Å². The normalized spacial score (nSPS) is 12.1. The molecular weight excluding hydrogens is 204 g/mol. The van der Waals surface area contributed by atoms with Crippen molar-refractivity contribution in [1.82, 2.24) is 10.3 Å². The first-order chi connectivity index (χ1) is 6.61. The number of hydrogen-bond acceptors (Lipinski definition) is 4. The Kier molecular flexibility index (Phi) is 3.58. The van der Waals surface area contributed by atoms with E-state index in [2.05, 4.69) is 10.3 Å². The summed E-state index contributed by atoms with van der Waals surface area (Å²) >= 11 is 1.32. The van der Waals surface area contributed by atoms with Crippen molar-refractivity contribution in [3.8, 4) is 0 Å². The van der Waals surface area contributed by atoms with E-state index in [1.165, 1.54) is 18.3 Å². The van der Waals surface area contributed by atoms with Crippen LogP contribution < -0.4 is 5.32 Å². The van der Waals surface area contributed by atoms with Crippen LogP contribution in [0.5, 0.6) is 0 Å². The van der Waals surface area contributed by atoms with Gasteiger partial charge in [-0.2, -0.15) is 0 Å². The lowest BCUT2D eigenvalue weighted by atomic mass is 10.2. The van der Waals surface area contributed by atoms with Crippen LogP contribution in [-0.4, -0.2) is 28.5 Å². The number of carbonyl (C=O) groups excluding carboxylic acids is 1. The van der Waals surface area contributed by atoms with Gasteiger partial charge in [0.2, 0.25) is 0 Å². The SMILES string of the molecule is C[C@@H](CNC(=O)c1cscn1)C(=O)O. The maximum atomic E-state index is 11.3. The van der Waals surface area contributed by atoms with Crippen molar-refractivity contribution in [3.63, 3.8) is 0 Å². The Bertz CT molecular complexity index is 323. The van der Waals surface area contributed by atoms with Crippen LogP contribution in [-0.2, 0) is 4.79 Å². The van der Waals surface area contributed by atoms with Crippen LogP contribution in [0.3, 0.4) is 0 Å². The first-order valence-corrected chi connectivity index (χ1v) is 4.94. The molecule has 1 atom stereocenters. The molecule has 1 amide bonds. The van der Waals surface area contributed by atoms with Crippen LogP contribution in [0, 0.1) is 5.92 Å². The number of amides is 1. The monoisotopic (exact) mass is 214 g/mol. The van der Waals surface area contributed by atoms with Crippen LogP contribution in [0.4, 0.5) is 0 Å². The summed E-state index contributed by atoms with van der Waals surface area (Å²) in [7, 11) is 0. The number of carboxylic acid groups (broad SMARTS) is 1. The molecule has 76 valence electrons. The Hall–Kier alpha value is -1.43. The summed E-state index contributed by atoms with van der Waals surface area (Å²) in [6, 6.07) is 0. The number of aliphatic carboxylic acids is 1. The Balaban J connectivity index is 2.40. The predicted molar refractivity (Wildman–Crippen MR) is 51.2 cm³/mol. The van der Waals surface area contributed by atoms with E-state index in [-0.39, 0.29) is 12.5 Å². The van der Waals surface area contributed by atoms with E-state index in [1.54, 1.807) is 10.9 Å². The molecule has 0 aliphatic heterocycles. The molecule has 6 heteroatoms. The van der Waals surface area contributed by atoms with Crippen LogP contribution in [0.2, 0.25) is 0 Å². The number of aromatic nitrogens is 1. The minimum absolute atomic E-state index is 0.117. The van der Waals surface area contributed by atoms with Gasteiger partial charge in [0.05, 0.1) is 11.4 Å². The van der Waals surface area contributed by atoms with Crippen LogP contribution in [0.25, 0.3) is 0 Å². The topological polar surface area (TPSA) is 79.3 Å². The largest absolute Gasteiger partial charge is 0.481 e. The minimum Gasteiger partial charge on any atom is -0.481 e. The first kappa shape index (κ1) is 10.6. The molecule has 0 spiro atoms. The van der Waals surface area contributed by atoms with E-state index < -0.39 is 11.9 Å². The summed E-state index contributed by atoms with van der Waals surface area (Å²) in [4.78, 5) is 25.5. The Morgan fingerprint density at radius 1 is 1.71 bits per heavy atom. The zero-order valence-electron chi connectivity index (χ0n) is 7.56. The maximum Gasteiger partial charge on any atom is 0.308 e. The predicted octanol–water partition coefficient (Wildman–Crippen LogP) is 0.594. The van der Waals surface area contributed by atoms with Gasteiger partial charge in [0, 0.05) is 11.9 Å². The molecule has 2 N–H and O–H groups in total. The second-order valence-electron chi connectivity index (χ2n) is 2.82. The molecule has 14 heavy (non-hydrogen) atoms. The Morgan fingerprint density at radius 2 is 2.43 bits per heavy atom. The smallest absolute Gasteiger partial charge is 0.308 e. The van der Waals surface area contributed by atoms with E-state index in [9.17, 15) is 9.59 Å². The standard InChI is InChI=1S/C8H10N2O3S/c1-5(8(12)13)2-9-7(11)6-3-14-4-10-6/h3-5H,2H2,1H3,(H,9,11)(H,12,13)/t5-/m0/s1. The van der Waals surface area contributed by atoms with Crippen molar-refractivity contribution in [1.29, 1.82) is 0 Å². The van der Waals surface area contributed by atoms with Crippen molar-refractivity contribution < 1.29 is 14.7 Å².